The number of rotatable bonds is 6. The van der Waals surface area contributed by atoms with Gasteiger partial charge >= 0.3 is 5.91 Å². The third kappa shape index (κ3) is 3.05. The first-order chi connectivity index (χ1) is 9.72. The van der Waals surface area contributed by atoms with Crippen molar-refractivity contribution in [2.45, 2.75) is 0 Å². The Morgan fingerprint density at radius 2 is 2.25 bits per heavy atom. The lowest BCUT2D eigenvalue weighted by molar-refractivity contribution is 0.0935. The molecule has 2 heterocycles. The molecule has 0 aromatic carbocycles. The molecule has 5 N–H and O–H groups in total. The molecule has 2 aromatic heterocycles. The molecule has 0 aliphatic rings. The number of nitrogens with one attached hydrogen (secondary N) is 3. The summed E-state index contributed by atoms with van der Waals surface area (Å²) in [7, 11) is 0. The zero-order valence-corrected chi connectivity index (χ0v) is 10.6. The highest BCUT2D eigenvalue weighted by Gasteiger charge is 2.11. The molecule has 0 bridgehead atoms. The Labute approximate surface area is 115 Å². The van der Waals surface area contributed by atoms with E-state index in [9.17, 15) is 4.79 Å². The lowest BCUT2D eigenvalue weighted by Gasteiger charge is -2.11. The van der Waals surface area contributed by atoms with Gasteiger partial charge in [-0.25, -0.2) is 9.97 Å². The number of nitrogen functional groups attached to an aromatic ring is 1. The number of carbonyl (C=O) groups excluding carboxylic acids is 1. The van der Waals surface area contributed by atoms with E-state index in [1.807, 2.05) is 0 Å². The van der Waals surface area contributed by atoms with Gasteiger partial charge in [-0.1, -0.05) is 6.08 Å². The molecule has 2 aromatic rings. The number of carbonyl (C=O) groups is 1. The first-order valence-corrected chi connectivity index (χ1v) is 5.77. The van der Waals surface area contributed by atoms with Crippen LogP contribution in [-0.4, -0.2) is 22.4 Å². The summed E-state index contributed by atoms with van der Waals surface area (Å²) < 4.78 is 4.95. The highest BCUT2D eigenvalue weighted by molar-refractivity contribution is 5.92. The number of furan rings is 1. The number of amides is 1. The molecule has 0 atom stereocenters. The Morgan fingerprint density at radius 1 is 1.45 bits per heavy atom. The molecule has 0 spiro atoms. The summed E-state index contributed by atoms with van der Waals surface area (Å²) in [4.78, 5) is 19.6. The number of hydrogen-bond donors (Lipinski definition) is 4. The number of nitrogens with two attached hydrogens (primary N) is 1. The van der Waals surface area contributed by atoms with Gasteiger partial charge in [0.05, 0.1) is 6.26 Å². The van der Waals surface area contributed by atoms with Crippen molar-refractivity contribution in [3.8, 4) is 0 Å². The molecule has 0 aliphatic heterocycles. The molecule has 20 heavy (non-hydrogen) atoms. The maximum atomic E-state index is 11.7. The minimum atomic E-state index is -0.436. The van der Waals surface area contributed by atoms with E-state index in [0.29, 0.717) is 12.4 Å². The van der Waals surface area contributed by atoms with Crippen LogP contribution in [0.3, 0.4) is 0 Å². The van der Waals surface area contributed by atoms with Crippen LogP contribution in [0.4, 0.5) is 17.3 Å². The van der Waals surface area contributed by atoms with Gasteiger partial charge in [0, 0.05) is 6.54 Å². The molecule has 8 heteroatoms. The predicted octanol–water partition coefficient (Wildman–Crippen LogP) is 1.01. The highest BCUT2D eigenvalue weighted by atomic mass is 16.3. The summed E-state index contributed by atoms with van der Waals surface area (Å²) in [5, 5.41) is 2.95. The smallest absolute Gasteiger partial charge is 0.305 e. The lowest BCUT2D eigenvalue weighted by Crippen LogP contribution is -2.30. The molecule has 0 fully saturated rings. The summed E-state index contributed by atoms with van der Waals surface area (Å²) in [6, 6.07) is 3.16. The second-order valence-corrected chi connectivity index (χ2v) is 3.71. The fraction of sp³-hybridized carbons (Fsp3) is 0.0833. The van der Waals surface area contributed by atoms with Gasteiger partial charge in [-0.15, -0.1) is 6.58 Å². The second kappa shape index (κ2) is 6.23. The van der Waals surface area contributed by atoms with Crippen LogP contribution in [-0.2, 0) is 0 Å². The molecule has 8 nitrogen and oxygen atoms in total. The van der Waals surface area contributed by atoms with Crippen molar-refractivity contribution in [3.05, 3.63) is 43.1 Å². The van der Waals surface area contributed by atoms with Crippen molar-refractivity contribution < 1.29 is 9.21 Å². The van der Waals surface area contributed by atoms with E-state index in [1.54, 1.807) is 12.1 Å². The van der Waals surface area contributed by atoms with Gasteiger partial charge < -0.3 is 15.5 Å². The van der Waals surface area contributed by atoms with Crippen LogP contribution in [0.15, 0.2) is 41.8 Å². The van der Waals surface area contributed by atoms with E-state index in [1.165, 1.54) is 18.7 Å². The van der Waals surface area contributed by atoms with Crippen LogP contribution in [0.1, 0.15) is 10.6 Å². The van der Waals surface area contributed by atoms with E-state index < -0.39 is 5.91 Å². The zero-order chi connectivity index (χ0) is 14.4. The predicted molar refractivity (Wildman–Crippen MR) is 74.9 cm³/mol. The van der Waals surface area contributed by atoms with E-state index in [-0.39, 0.29) is 17.3 Å². The molecule has 0 aliphatic carbocycles. The summed E-state index contributed by atoms with van der Waals surface area (Å²) in [5.41, 5.74) is 11.2. The van der Waals surface area contributed by atoms with Crippen LogP contribution >= 0.6 is 0 Å². The molecule has 0 saturated heterocycles. The van der Waals surface area contributed by atoms with Gasteiger partial charge in [-0.3, -0.25) is 15.6 Å². The maximum Gasteiger partial charge on any atom is 0.305 e. The second-order valence-electron chi connectivity index (χ2n) is 3.71. The third-order valence-corrected chi connectivity index (χ3v) is 2.34. The van der Waals surface area contributed by atoms with Crippen LogP contribution < -0.4 is 21.9 Å². The normalized spacial score (nSPS) is 9.80. The molecule has 0 unspecified atom stereocenters. The van der Waals surface area contributed by atoms with Gasteiger partial charge in [-0.2, -0.15) is 0 Å². The minimum Gasteiger partial charge on any atom is -0.459 e. The lowest BCUT2D eigenvalue weighted by atomic mass is 10.4. The van der Waals surface area contributed by atoms with Gasteiger partial charge in [0.25, 0.3) is 0 Å². The Morgan fingerprint density at radius 3 is 2.95 bits per heavy atom. The number of hydrogen-bond acceptors (Lipinski definition) is 7. The minimum absolute atomic E-state index is 0.176. The number of nitrogens with zero attached hydrogens (tertiary/aromatic N) is 2. The number of aromatic nitrogens is 2. The largest absolute Gasteiger partial charge is 0.459 e. The quantitative estimate of drug-likeness (QED) is 0.458. The van der Waals surface area contributed by atoms with Crippen molar-refractivity contribution in [2.24, 2.45) is 0 Å². The molecular weight excluding hydrogens is 260 g/mol. The Bertz CT molecular complexity index is 596. The highest BCUT2D eigenvalue weighted by Crippen LogP contribution is 2.21. The van der Waals surface area contributed by atoms with Gasteiger partial charge in [0.1, 0.15) is 12.0 Å². The molecule has 0 saturated carbocycles. The average molecular weight is 274 g/mol. The topological polar surface area (TPSA) is 118 Å². The van der Waals surface area contributed by atoms with Crippen molar-refractivity contribution in [3.63, 3.8) is 0 Å². The van der Waals surface area contributed by atoms with Crippen molar-refractivity contribution in [1.82, 2.24) is 15.4 Å². The van der Waals surface area contributed by atoms with Crippen molar-refractivity contribution in [2.75, 3.05) is 23.0 Å². The van der Waals surface area contributed by atoms with Crippen LogP contribution in [0, 0.1) is 0 Å². The van der Waals surface area contributed by atoms with E-state index in [4.69, 9.17) is 10.2 Å². The summed E-state index contributed by atoms with van der Waals surface area (Å²) in [6.45, 7) is 4.10. The average Bonchev–Trinajstić information content (AvgIpc) is 2.99. The molecular formula is C12H14N6O2. The fourth-order valence-electron chi connectivity index (χ4n) is 1.39. The third-order valence-electron chi connectivity index (χ3n) is 2.34. The molecule has 2 rings (SSSR count). The van der Waals surface area contributed by atoms with Crippen LogP contribution in [0.2, 0.25) is 0 Å². The van der Waals surface area contributed by atoms with Crippen LogP contribution in [0.25, 0.3) is 0 Å². The Hall–Kier alpha value is -3.03. The molecule has 0 radical (unpaired) electrons. The summed E-state index contributed by atoms with van der Waals surface area (Å²) >= 11 is 0. The standard InChI is InChI=1S/C12H14N6O2/c1-2-5-14-10-9(13)11(16-7-15-10)17-18-12(19)8-4-3-6-20-8/h2-4,6-7H,1,5,13H2,(H,18,19)(H2,14,15,16,17). The van der Waals surface area contributed by atoms with Crippen LogP contribution in [0.5, 0.6) is 0 Å². The monoisotopic (exact) mass is 274 g/mol. The molecule has 1 amide bonds. The van der Waals surface area contributed by atoms with E-state index in [0.717, 1.165) is 0 Å². The van der Waals surface area contributed by atoms with Gasteiger partial charge in [0.2, 0.25) is 0 Å². The summed E-state index contributed by atoms with van der Waals surface area (Å²) in [5.74, 6) is 0.477. The molecule has 104 valence electrons. The van der Waals surface area contributed by atoms with Gasteiger partial charge in [-0.05, 0) is 12.1 Å². The summed E-state index contributed by atoms with van der Waals surface area (Å²) in [6.07, 6.45) is 4.40. The van der Waals surface area contributed by atoms with E-state index >= 15 is 0 Å². The fourth-order valence-corrected chi connectivity index (χ4v) is 1.39. The maximum absolute atomic E-state index is 11.7. The van der Waals surface area contributed by atoms with E-state index in [2.05, 4.69) is 32.7 Å². The van der Waals surface area contributed by atoms with Crippen molar-refractivity contribution in [1.29, 1.82) is 0 Å². The zero-order valence-electron chi connectivity index (χ0n) is 10.6. The number of hydrazine groups is 1. The Kier molecular flexibility index (Phi) is 4.17. The number of anilines is 3. The first kappa shape index (κ1) is 13.4. The SMILES string of the molecule is C=CCNc1ncnc(NNC(=O)c2ccco2)c1N. The van der Waals surface area contributed by atoms with Gasteiger partial charge in [0.15, 0.2) is 17.4 Å². The first-order valence-electron chi connectivity index (χ1n) is 5.77. The van der Waals surface area contributed by atoms with Crippen molar-refractivity contribution >= 4 is 23.2 Å². The Balaban J connectivity index is 2.02.